The topological polar surface area (TPSA) is 37.3 Å². The van der Waals surface area contributed by atoms with Gasteiger partial charge in [0, 0.05) is 28.9 Å². The predicted molar refractivity (Wildman–Crippen MR) is 53.7 cm³/mol. The molecule has 12 heavy (non-hydrogen) atoms. The number of aliphatic hydroxyl groups is 1. The van der Waals surface area contributed by atoms with Crippen molar-refractivity contribution >= 4 is 10.8 Å². The quantitative estimate of drug-likeness (QED) is 0.594. The van der Waals surface area contributed by atoms with E-state index in [0.717, 1.165) is 43.6 Å². The Kier molecular flexibility index (Phi) is 9.28. The van der Waals surface area contributed by atoms with Gasteiger partial charge in [-0.15, -0.1) is 0 Å². The Morgan fingerprint density at radius 3 is 2.33 bits per heavy atom. The van der Waals surface area contributed by atoms with E-state index in [1.165, 1.54) is 0 Å². The maximum Gasteiger partial charge on any atom is 0.0431 e. The third kappa shape index (κ3) is 8.21. The van der Waals surface area contributed by atoms with Crippen molar-refractivity contribution in [3.8, 4) is 0 Å². The van der Waals surface area contributed by atoms with Crippen molar-refractivity contribution in [3.05, 3.63) is 0 Å². The third-order valence-electron chi connectivity index (χ3n) is 1.76. The van der Waals surface area contributed by atoms with Crippen LogP contribution in [0.15, 0.2) is 0 Å². The lowest BCUT2D eigenvalue weighted by Gasteiger charge is -2.00. The molecule has 0 aromatic heterocycles. The molecule has 0 fully saturated rings. The largest absolute Gasteiger partial charge is 0.396 e. The zero-order valence-electron chi connectivity index (χ0n) is 7.92. The van der Waals surface area contributed by atoms with Crippen LogP contribution < -0.4 is 0 Å². The predicted octanol–water partition coefficient (Wildman–Crippen LogP) is 1.70. The van der Waals surface area contributed by atoms with Crippen LogP contribution in [0.4, 0.5) is 0 Å². The normalized spacial score (nSPS) is 13.2. The molecule has 0 amide bonds. The van der Waals surface area contributed by atoms with Crippen LogP contribution in [-0.2, 0) is 10.8 Å². The summed E-state index contributed by atoms with van der Waals surface area (Å²) in [6, 6.07) is 0. The lowest BCUT2D eigenvalue weighted by molar-refractivity contribution is 0.284. The van der Waals surface area contributed by atoms with Crippen LogP contribution in [-0.4, -0.2) is 27.4 Å². The Bertz CT molecular complexity index is 115. The van der Waals surface area contributed by atoms with Crippen molar-refractivity contribution in [1.82, 2.24) is 0 Å². The number of rotatable bonds is 8. The summed E-state index contributed by atoms with van der Waals surface area (Å²) in [5, 5.41) is 8.50. The van der Waals surface area contributed by atoms with Gasteiger partial charge in [0.15, 0.2) is 0 Å². The Morgan fingerprint density at radius 2 is 1.75 bits per heavy atom. The Hall–Kier alpha value is 0.110. The van der Waals surface area contributed by atoms with Gasteiger partial charge in [0.05, 0.1) is 0 Å². The first kappa shape index (κ1) is 12.1. The van der Waals surface area contributed by atoms with Gasteiger partial charge in [0.25, 0.3) is 0 Å². The molecule has 2 nitrogen and oxygen atoms in total. The monoisotopic (exact) mass is 192 g/mol. The minimum Gasteiger partial charge on any atom is -0.396 e. The highest BCUT2D eigenvalue weighted by atomic mass is 32.2. The highest BCUT2D eigenvalue weighted by Gasteiger charge is 1.97. The van der Waals surface area contributed by atoms with Crippen molar-refractivity contribution in [2.45, 2.75) is 39.0 Å². The van der Waals surface area contributed by atoms with E-state index in [1.807, 2.05) is 0 Å². The molecule has 0 aliphatic heterocycles. The van der Waals surface area contributed by atoms with E-state index in [2.05, 4.69) is 6.92 Å². The fourth-order valence-corrected chi connectivity index (χ4v) is 2.30. The SMILES string of the molecule is CCCC[S@](=O)CCCCCO. The zero-order chi connectivity index (χ0) is 9.23. The van der Waals surface area contributed by atoms with Gasteiger partial charge in [-0.25, -0.2) is 0 Å². The van der Waals surface area contributed by atoms with Crippen LogP contribution in [0.3, 0.4) is 0 Å². The van der Waals surface area contributed by atoms with Gasteiger partial charge in [0.2, 0.25) is 0 Å². The maximum atomic E-state index is 11.2. The number of unbranched alkanes of at least 4 members (excludes halogenated alkanes) is 3. The summed E-state index contributed by atoms with van der Waals surface area (Å²) < 4.78 is 11.2. The molecule has 3 heteroatoms. The van der Waals surface area contributed by atoms with Crippen LogP contribution in [0.1, 0.15) is 39.0 Å². The average Bonchev–Trinajstić information content (AvgIpc) is 2.09. The van der Waals surface area contributed by atoms with Crippen LogP contribution in [0.2, 0.25) is 0 Å². The lowest BCUT2D eigenvalue weighted by Crippen LogP contribution is -2.02. The second-order valence-corrected chi connectivity index (χ2v) is 4.68. The Balaban J connectivity index is 3.08. The van der Waals surface area contributed by atoms with E-state index in [4.69, 9.17) is 5.11 Å². The number of aliphatic hydroxyl groups excluding tert-OH is 1. The van der Waals surface area contributed by atoms with Crippen molar-refractivity contribution in [2.24, 2.45) is 0 Å². The molecule has 1 atom stereocenters. The number of hydrogen-bond donors (Lipinski definition) is 1. The van der Waals surface area contributed by atoms with E-state index in [0.29, 0.717) is 0 Å². The fraction of sp³-hybridized carbons (Fsp3) is 1.00. The summed E-state index contributed by atoms with van der Waals surface area (Å²) in [5.41, 5.74) is 0. The molecule has 0 aliphatic carbocycles. The molecule has 74 valence electrons. The highest BCUT2D eigenvalue weighted by Crippen LogP contribution is 1.99. The molecule has 1 N–H and O–H groups in total. The molecule has 0 aromatic rings. The van der Waals surface area contributed by atoms with Crippen LogP contribution in [0.5, 0.6) is 0 Å². The van der Waals surface area contributed by atoms with Crippen molar-refractivity contribution in [1.29, 1.82) is 0 Å². The summed E-state index contributed by atoms with van der Waals surface area (Å²) >= 11 is 0. The van der Waals surface area contributed by atoms with Gasteiger partial charge in [-0.05, 0) is 19.3 Å². The molecule has 0 aliphatic rings. The standard InChI is InChI=1S/C9H20O2S/c1-2-3-8-12(11)9-6-4-5-7-10/h10H,2-9H2,1H3/t12-/m0/s1. The Morgan fingerprint density at radius 1 is 1.08 bits per heavy atom. The van der Waals surface area contributed by atoms with Gasteiger partial charge in [-0.2, -0.15) is 0 Å². The first-order valence-corrected chi connectivity index (χ1v) is 6.26. The number of hydrogen-bond acceptors (Lipinski definition) is 2. The minimum atomic E-state index is -0.605. The molecule has 0 bridgehead atoms. The zero-order valence-corrected chi connectivity index (χ0v) is 8.74. The molecule has 0 rings (SSSR count). The molecule has 0 unspecified atom stereocenters. The Labute approximate surface area is 77.8 Å². The summed E-state index contributed by atoms with van der Waals surface area (Å²) in [4.78, 5) is 0. The van der Waals surface area contributed by atoms with Crippen molar-refractivity contribution in [2.75, 3.05) is 18.1 Å². The van der Waals surface area contributed by atoms with Gasteiger partial charge >= 0.3 is 0 Å². The molecule has 0 saturated carbocycles. The summed E-state index contributed by atoms with van der Waals surface area (Å²) in [6.07, 6.45) is 5.06. The summed E-state index contributed by atoms with van der Waals surface area (Å²) in [7, 11) is -0.605. The fourth-order valence-electron chi connectivity index (χ4n) is 0.959. The van der Waals surface area contributed by atoms with Crippen molar-refractivity contribution < 1.29 is 9.32 Å². The van der Waals surface area contributed by atoms with E-state index in [9.17, 15) is 4.21 Å². The molecule has 0 aromatic carbocycles. The molecular formula is C9H20O2S. The molecule has 0 radical (unpaired) electrons. The first-order chi connectivity index (χ1) is 5.81. The molecule has 0 heterocycles. The highest BCUT2D eigenvalue weighted by molar-refractivity contribution is 7.84. The van der Waals surface area contributed by atoms with E-state index in [-0.39, 0.29) is 6.61 Å². The second-order valence-electron chi connectivity index (χ2n) is 2.99. The third-order valence-corrected chi connectivity index (χ3v) is 3.24. The van der Waals surface area contributed by atoms with E-state index >= 15 is 0 Å². The molecular weight excluding hydrogens is 172 g/mol. The van der Waals surface area contributed by atoms with E-state index < -0.39 is 10.8 Å². The average molecular weight is 192 g/mol. The van der Waals surface area contributed by atoms with Gasteiger partial charge in [0.1, 0.15) is 0 Å². The smallest absolute Gasteiger partial charge is 0.0431 e. The summed E-state index contributed by atoms with van der Waals surface area (Å²) in [5.74, 6) is 1.68. The van der Waals surface area contributed by atoms with Crippen molar-refractivity contribution in [3.63, 3.8) is 0 Å². The summed E-state index contributed by atoms with van der Waals surface area (Å²) in [6.45, 7) is 2.38. The van der Waals surface area contributed by atoms with Gasteiger partial charge in [-0.3, -0.25) is 4.21 Å². The molecule has 0 spiro atoms. The van der Waals surface area contributed by atoms with Crippen LogP contribution >= 0.6 is 0 Å². The maximum absolute atomic E-state index is 11.2. The van der Waals surface area contributed by atoms with E-state index in [1.54, 1.807) is 0 Å². The lowest BCUT2D eigenvalue weighted by atomic mass is 10.3. The van der Waals surface area contributed by atoms with Crippen LogP contribution in [0.25, 0.3) is 0 Å². The van der Waals surface area contributed by atoms with Gasteiger partial charge < -0.3 is 5.11 Å². The minimum absolute atomic E-state index is 0.265. The van der Waals surface area contributed by atoms with Crippen LogP contribution in [0, 0.1) is 0 Å². The second kappa shape index (κ2) is 9.20. The first-order valence-electron chi connectivity index (χ1n) is 4.77. The van der Waals surface area contributed by atoms with Gasteiger partial charge in [-0.1, -0.05) is 19.8 Å². The molecule has 0 saturated heterocycles.